The molecule has 1 aliphatic carbocycles. The summed E-state index contributed by atoms with van der Waals surface area (Å²) in [5.74, 6) is 0.723. The Kier molecular flexibility index (Phi) is 4.05. The first-order valence-corrected chi connectivity index (χ1v) is 7.00. The van der Waals surface area contributed by atoms with E-state index >= 15 is 0 Å². The van der Waals surface area contributed by atoms with Crippen LogP contribution in [-0.2, 0) is 10.0 Å². The van der Waals surface area contributed by atoms with Gasteiger partial charge in [0.25, 0.3) is 0 Å². The summed E-state index contributed by atoms with van der Waals surface area (Å²) in [5.41, 5.74) is 2.54. The molecule has 0 unspecified atom stereocenters. The van der Waals surface area contributed by atoms with Gasteiger partial charge in [-0.25, -0.2) is 0 Å². The Morgan fingerprint density at radius 2 is 1.76 bits per heavy atom. The molecule has 91 valence electrons. The summed E-state index contributed by atoms with van der Waals surface area (Å²) in [6.45, 7) is 4.23. The Bertz CT molecular complexity index is 367. The standard InChI is InChI=1S/C15H21OSi/c1-15(2,16-17)14-11-7-6-10-13(14)12-8-4-3-5-9-12/h6-7,10-12H,3-5,8-9H2,1-2H3. The van der Waals surface area contributed by atoms with E-state index in [4.69, 9.17) is 4.43 Å². The minimum absolute atomic E-state index is 0.259. The number of benzene rings is 1. The topological polar surface area (TPSA) is 9.23 Å². The van der Waals surface area contributed by atoms with Crippen molar-refractivity contribution < 1.29 is 4.43 Å². The van der Waals surface area contributed by atoms with Crippen molar-refractivity contribution in [1.82, 2.24) is 0 Å². The van der Waals surface area contributed by atoms with Crippen molar-refractivity contribution in [3.05, 3.63) is 35.4 Å². The van der Waals surface area contributed by atoms with Crippen LogP contribution in [0, 0.1) is 0 Å². The van der Waals surface area contributed by atoms with Crippen molar-refractivity contribution in [3.63, 3.8) is 0 Å². The first kappa shape index (κ1) is 12.8. The maximum atomic E-state index is 5.46. The second kappa shape index (κ2) is 5.36. The molecule has 0 saturated heterocycles. The molecule has 0 bridgehead atoms. The van der Waals surface area contributed by atoms with Gasteiger partial charge in [-0.15, -0.1) is 0 Å². The Morgan fingerprint density at radius 3 is 2.41 bits per heavy atom. The number of hydrogen-bond acceptors (Lipinski definition) is 1. The highest BCUT2D eigenvalue weighted by Crippen LogP contribution is 2.38. The summed E-state index contributed by atoms with van der Waals surface area (Å²) < 4.78 is 5.46. The van der Waals surface area contributed by atoms with Crippen molar-refractivity contribution >= 4 is 10.5 Å². The number of hydrogen-bond donors (Lipinski definition) is 0. The average Bonchev–Trinajstić information content (AvgIpc) is 2.40. The van der Waals surface area contributed by atoms with Crippen molar-refractivity contribution in [1.29, 1.82) is 0 Å². The molecule has 0 N–H and O–H groups in total. The third-order valence-corrected chi connectivity index (χ3v) is 4.42. The first-order valence-electron chi connectivity index (χ1n) is 6.59. The van der Waals surface area contributed by atoms with Gasteiger partial charge in [-0.3, -0.25) is 0 Å². The van der Waals surface area contributed by atoms with Gasteiger partial charge in [-0.2, -0.15) is 0 Å². The van der Waals surface area contributed by atoms with E-state index in [2.05, 4.69) is 48.6 Å². The second-order valence-corrected chi connectivity index (χ2v) is 5.74. The average molecular weight is 245 g/mol. The maximum absolute atomic E-state index is 5.46. The molecular formula is C15H21OSi. The predicted octanol–water partition coefficient (Wildman–Crippen LogP) is 4.07. The molecule has 1 fully saturated rings. The van der Waals surface area contributed by atoms with E-state index < -0.39 is 0 Å². The zero-order valence-corrected chi connectivity index (χ0v) is 11.8. The summed E-state index contributed by atoms with van der Waals surface area (Å²) in [6.07, 6.45) is 6.79. The van der Waals surface area contributed by atoms with E-state index in [1.54, 1.807) is 0 Å². The largest absolute Gasteiger partial charge is 0.410 e. The highest BCUT2D eigenvalue weighted by Gasteiger charge is 2.26. The van der Waals surface area contributed by atoms with Gasteiger partial charge in [0.15, 0.2) is 0 Å². The summed E-state index contributed by atoms with van der Waals surface area (Å²) >= 11 is 0. The molecule has 2 heteroatoms. The fraction of sp³-hybridized carbons (Fsp3) is 0.600. The van der Waals surface area contributed by atoms with Crippen LogP contribution in [0.2, 0.25) is 0 Å². The molecule has 1 aromatic carbocycles. The van der Waals surface area contributed by atoms with Crippen LogP contribution in [0.25, 0.3) is 0 Å². The van der Waals surface area contributed by atoms with Crippen molar-refractivity contribution in [2.45, 2.75) is 57.5 Å². The predicted molar refractivity (Wildman–Crippen MR) is 72.1 cm³/mol. The highest BCUT2D eigenvalue weighted by atomic mass is 28.2. The summed E-state index contributed by atoms with van der Waals surface area (Å²) in [6, 6.07) is 8.73. The zero-order valence-electron chi connectivity index (χ0n) is 10.8. The lowest BCUT2D eigenvalue weighted by molar-refractivity contribution is 0.121. The lowest BCUT2D eigenvalue weighted by Gasteiger charge is -2.31. The zero-order chi connectivity index (χ0) is 12.3. The summed E-state index contributed by atoms with van der Waals surface area (Å²) in [5, 5.41) is 0. The summed E-state index contributed by atoms with van der Waals surface area (Å²) in [7, 11) is 3.22. The molecule has 0 heterocycles. The van der Waals surface area contributed by atoms with Gasteiger partial charge in [-0.05, 0) is 43.7 Å². The minimum atomic E-state index is -0.259. The molecule has 0 aromatic heterocycles. The van der Waals surface area contributed by atoms with Gasteiger partial charge in [0, 0.05) is 0 Å². The van der Waals surface area contributed by atoms with E-state index in [0.717, 1.165) is 5.92 Å². The maximum Gasteiger partial charge on any atom is 0.247 e. The van der Waals surface area contributed by atoms with E-state index in [1.807, 2.05) is 0 Å². The van der Waals surface area contributed by atoms with E-state index in [9.17, 15) is 0 Å². The molecule has 0 atom stereocenters. The van der Waals surface area contributed by atoms with Gasteiger partial charge < -0.3 is 4.43 Å². The fourth-order valence-electron chi connectivity index (χ4n) is 2.87. The van der Waals surface area contributed by atoms with Crippen LogP contribution < -0.4 is 0 Å². The lowest BCUT2D eigenvalue weighted by Crippen LogP contribution is -2.23. The van der Waals surface area contributed by atoms with Crippen LogP contribution in [0.5, 0.6) is 0 Å². The van der Waals surface area contributed by atoms with Gasteiger partial charge in [-0.1, -0.05) is 43.5 Å². The monoisotopic (exact) mass is 245 g/mol. The summed E-state index contributed by atoms with van der Waals surface area (Å²) in [4.78, 5) is 0. The van der Waals surface area contributed by atoms with Gasteiger partial charge >= 0.3 is 0 Å². The van der Waals surface area contributed by atoms with Gasteiger partial charge in [0.2, 0.25) is 10.5 Å². The van der Waals surface area contributed by atoms with Crippen LogP contribution in [0.1, 0.15) is 63.0 Å². The van der Waals surface area contributed by atoms with Crippen molar-refractivity contribution in [2.24, 2.45) is 0 Å². The molecule has 2 rings (SSSR count). The fourth-order valence-corrected chi connectivity index (χ4v) is 2.98. The Morgan fingerprint density at radius 1 is 1.12 bits per heavy atom. The second-order valence-electron chi connectivity index (χ2n) is 5.53. The quantitative estimate of drug-likeness (QED) is 0.729. The molecule has 1 saturated carbocycles. The Hall–Kier alpha value is -0.603. The first-order chi connectivity index (χ1) is 8.15. The van der Waals surface area contributed by atoms with Crippen LogP contribution >= 0.6 is 0 Å². The van der Waals surface area contributed by atoms with Crippen LogP contribution in [0.4, 0.5) is 0 Å². The van der Waals surface area contributed by atoms with Crippen LogP contribution in [0.15, 0.2) is 24.3 Å². The van der Waals surface area contributed by atoms with E-state index in [-0.39, 0.29) is 5.60 Å². The lowest BCUT2D eigenvalue weighted by atomic mass is 9.79. The van der Waals surface area contributed by atoms with Crippen molar-refractivity contribution in [3.8, 4) is 0 Å². The smallest absolute Gasteiger partial charge is 0.247 e. The Labute approximate surface area is 108 Å². The molecule has 0 amide bonds. The van der Waals surface area contributed by atoms with Crippen LogP contribution in [-0.4, -0.2) is 10.5 Å². The molecular weight excluding hydrogens is 224 g/mol. The van der Waals surface area contributed by atoms with Gasteiger partial charge in [0.05, 0.1) is 5.60 Å². The minimum Gasteiger partial charge on any atom is -0.410 e. The molecule has 0 aliphatic heterocycles. The van der Waals surface area contributed by atoms with E-state index in [0.29, 0.717) is 0 Å². The third kappa shape index (κ3) is 2.80. The highest BCUT2D eigenvalue weighted by molar-refractivity contribution is 5.98. The normalized spacial score (nSPS) is 18.3. The SMILES string of the molecule is CC(C)(O[Si])c1ccccc1C1CCCCC1. The van der Waals surface area contributed by atoms with Crippen molar-refractivity contribution in [2.75, 3.05) is 0 Å². The third-order valence-electron chi connectivity index (χ3n) is 3.91. The molecule has 1 nitrogen and oxygen atoms in total. The molecule has 0 spiro atoms. The van der Waals surface area contributed by atoms with Gasteiger partial charge in [0.1, 0.15) is 0 Å². The molecule has 3 radical (unpaired) electrons. The van der Waals surface area contributed by atoms with E-state index in [1.165, 1.54) is 43.2 Å². The number of rotatable bonds is 3. The Balaban J connectivity index is 2.33. The van der Waals surface area contributed by atoms with Crippen LogP contribution in [0.3, 0.4) is 0 Å². The molecule has 1 aromatic rings. The molecule has 17 heavy (non-hydrogen) atoms. The molecule has 1 aliphatic rings.